The highest BCUT2D eigenvalue weighted by Crippen LogP contribution is 2.48. The molecule has 0 radical (unpaired) electrons. The lowest BCUT2D eigenvalue weighted by Crippen LogP contribution is -2.44. The molecule has 4 atom stereocenters. The third-order valence-corrected chi connectivity index (χ3v) is 5.91. The highest BCUT2D eigenvalue weighted by atomic mass is 16.2. The van der Waals surface area contributed by atoms with Crippen molar-refractivity contribution in [1.82, 2.24) is 10.2 Å². The fourth-order valence-corrected chi connectivity index (χ4v) is 4.68. The molecule has 1 N–H and O–H groups in total. The van der Waals surface area contributed by atoms with Crippen molar-refractivity contribution >= 4 is 11.8 Å². The van der Waals surface area contributed by atoms with Gasteiger partial charge in [0, 0.05) is 19.0 Å². The Morgan fingerprint density at radius 2 is 1.96 bits per heavy atom. The third-order valence-electron chi connectivity index (χ3n) is 5.91. The lowest BCUT2D eigenvalue weighted by atomic mass is 9.88. The van der Waals surface area contributed by atoms with Crippen LogP contribution in [0, 0.1) is 17.8 Å². The van der Waals surface area contributed by atoms with Gasteiger partial charge in [-0.15, -0.1) is 0 Å². The predicted octanol–water partition coefficient (Wildman–Crippen LogP) is 2.34. The number of amides is 2. The summed E-state index contributed by atoms with van der Waals surface area (Å²) < 4.78 is 0. The maximum Gasteiger partial charge on any atom is 0.245 e. The van der Waals surface area contributed by atoms with Crippen LogP contribution in [0.3, 0.4) is 0 Å². The summed E-state index contributed by atoms with van der Waals surface area (Å²) in [7, 11) is 0. The van der Waals surface area contributed by atoms with Crippen LogP contribution in [-0.4, -0.2) is 29.3 Å². The van der Waals surface area contributed by atoms with Gasteiger partial charge >= 0.3 is 0 Å². The molecule has 1 heterocycles. The fraction of sp³-hybridized carbons (Fsp3) is 0.579. The molecule has 2 aliphatic carbocycles. The first kappa shape index (κ1) is 14.7. The quantitative estimate of drug-likeness (QED) is 0.928. The van der Waals surface area contributed by atoms with Crippen LogP contribution in [-0.2, 0) is 16.1 Å². The molecular weight excluding hydrogens is 288 g/mol. The monoisotopic (exact) mass is 312 g/mol. The normalized spacial score (nSPS) is 32.5. The number of carbonyl (C=O) groups is 2. The average Bonchev–Trinajstić information content (AvgIpc) is 3.27. The number of rotatable bonds is 4. The van der Waals surface area contributed by atoms with E-state index in [0.29, 0.717) is 12.5 Å². The summed E-state index contributed by atoms with van der Waals surface area (Å²) in [5.41, 5.74) is 1.14. The van der Waals surface area contributed by atoms with Gasteiger partial charge in [0.2, 0.25) is 11.8 Å². The molecule has 0 aromatic heterocycles. The van der Waals surface area contributed by atoms with Gasteiger partial charge in [0.15, 0.2) is 0 Å². The first-order valence-corrected chi connectivity index (χ1v) is 8.84. The number of benzene rings is 1. The van der Waals surface area contributed by atoms with E-state index in [4.69, 9.17) is 0 Å². The summed E-state index contributed by atoms with van der Waals surface area (Å²) in [4.78, 5) is 26.9. The van der Waals surface area contributed by atoms with Crippen molar-refractivity contribution in [2.24, 2.45) is 17.8 Å². The standard InChI is InChI=1S/C19H24N2O2/c22-18(16-11-14-6-7-15(16)10-14)20-17-8-9-21(19(17)23)12-13-4-2-1-3-5-13/h1-5,14-17H,6-12H2,(H,20,22)/t14-,15-,16-,17-/m0/s1. The first-order valence-electron chi connectivity index (χ1n) is 8.84. The molecule has 2 bridgehead atoms. The van der Waals surface area contributed by atoms with Crippen molar-refractivity contribution in [1.29, 1.82) is 0 Å². The summed E-state index contributed by atoms with van der Waals surface area (Å²) in [6.45, 7) is 1.37. The number of nitrogens with one attached hydrogen (secondary N) is 1. The van der Waals surface area contributed by atoms with E-state index in [2.05, 4.69) is 5.32 Å². The van der Waals surface area contributed by atoms with Crippen molar-refractivity contribution in [2.45, 2.75) is 44.7 Å². The Kier molecular flexibility index (Phi) is 3.83. The lowest BCUT2D eigenvalue weighted by molar-refractivity contribution is -0.134. The molecule has 4 nitrogen and oxygen atoms in total. The molecule has 0 spiro atoms. The predicted molar refractivity (Wildman–Crippen MR) is 87.3 cm³/mol. The van der Waals surface area contributed by atoms with Crippen molar-refractivity contribution < 1.29 is 9.59 Å². The van der Waals surface area contributed by atoms with E-state index in [1.54, 1.807) is 0 Å². The van der Waals surface area contributed by atoms with Gasteiger partial charge in [0.1, 0.15) is 6.04 Å². The van der Waals surface area contributed by atoms with E-state index >= 15 is 0 Å². The molecule has 4 heteroatoms. The Balaban J connectivity index is 1.34. The van der Waals surface area contributed by atoms with Crippen LogP contribution in [0.15, 0.2) is 30.3 Å². The van der Waals surface area contributed by atoms with Crippen LogP contribution in [0.2, 0.25) is 0 Å². The number of hydrogen-bond donors (Lipinski definition) is 1. The highest BCUT2D eigenvalue weighted by molar-refractivity contribution is 5.90. The van der Waals surface area contributed by atoms with Crippen LogP contribution in [0.4, 0.5) is 0 Å². The SMILES string of the molecule is O=C(N[C@H]1CCN(Cc2ccccc2)C1=O)[C@H]1C[C@H]2CC[C@H]1C2. The van der Waals surface area contributed by atoms with Gasteiger partial charge in [-0.05, 0) is 43.1 Å². The largest absolute Gasteiger partial charge is 0.344 e. The van der Waals surface area contributed by atoms with Crippen molar-refractivity contribution in [3.8, 4) is 0 Å². The molecule has 3 fully saturated rings. The zero-order valence-corrected chi connectivity index (χ0v) is 13.4. The second-order valence-corrected chi connectivity index (χ2v) is 7.38. The molecular formula is C19H24N2O2. The van der Waals surface area contributed by atoms with E-state index in [9.17, 15) is 9.59 Å². The minimum atomic E-state index is -0.315. The third kappa shape index (κ3) is 2.87. The maximum absolute atomic E-state index is 12.5. The van der Waals surface area contributed by atoms with Crippen molar-refractivity contribution in [3.63, 3.8) is 0 Å². The van der Waals surface area contributed by atoms with Crippen LogP contribution in [0.5, 0.6) is 0 Å². The van der Waals surface area contributed by atoms with Gasteiger partial charge in [-0.3, -0.25) is 9.59 Å². The van der Waals surface area contributed by atoms with Crippen LogP contribution >= 0.6 is 0 Å². The number of hydrogen-bond acceptors (Lipinski definition) is 2. The smallest absolute Gasteiger partial charge is 0.245 e. The number of likely N-dealkylation sites (tertiary alicyclic amines) is 1. The van der Waals surface area contributed by atoms with Crippen molar-refractivity contribution in [3.05, 3.63) is 35.9 Å². The summed E-state index contributed by atoms with van der Waals surface area (Å²) in [5, 5.41) is 3.04. The summed E-state index contributed by atoms with van der Waals surface area (Å²) in [5.74, 6) is 1.67. The van der Waals surface area contributed by atoms with Crippen LogP contribution in [0.25, 0.3) is 0 Å². The molecule has 1 aromatic rings. The van der Waals surface area contributed by atoms with E-state index in [0.717, 1.165) is 30.9 Å². The Labute approximate surface area is 137 Å². The molecule has 0 unspecified atom stereocenters. The van der Waals surface area contributed by atoms with Gasteiger partial charge in [-0.1, -0.05) is 36.8 Å². The first-order chi connectivity index (χ1) is 11.2. The molecule has 4 rings (SSSR count). The number of fused-ring (bicyclic) bond motifs is 2. The molecule has 2 saturated carbocycles. The second-order valence-electron chi connectivity index (χ2n) is 7.38. The fourth-order valence-electron chi connectivity index (χ4n) is 4.68. The Morgan fingerprint density at radius 1 is 1.13 bits per heavy atom. The topological polar surface area (TPSA) is 49.4 Å². The van der Waals surface area contributed by atoms with Gasteiger partial charge in [-0.2, -0.15) is 0 Å². The minimum absolute atomic E-state index is 0.0744. The molecule has 2 amide bonds. The molecule has 1 aliphatic heterocycles. The zero-order chi connectivity index (χ0) is 15.8. The number of nitrogens with zero attached hydrogens (tertiary/aromatic N) is 1. The van der Waals surface area contributed by atoms with E-state index in [1.807, 2.05) is 35.2 Å². The summed E-state index contributed by atoms with van der Waals surface area (Å²) >= 11 is 0. The van der Waals surface area contributed by atoms with E-state index in [1.165, 1.54) is 19.3 Å². The van der Waals surface area contributed by atoms with Crippen molar-refractivity contribution in [2.75, 3.05) is 6.54 Å². The van der Waals surface area contributed by atoms with Gasteiger partial charge < -0.3 is 10.2 Å². The summed E-state index contributed by atoms with van der Waals surface area (Å²) in [6.07, 6.45) is 5.48. The van der Waals surface area contributed by atoms with Crippen LogP contribution < -0.4 is 5.32 Å². The Hall–Kier alpha value is -1.84. The molecule has 23 heavy (non-hydrogen) atoms. The molecule has 1 saturated heterocycles. The van der Waals surface area contributed by atoms with Gasteiger partial charge in [0.25, 0.3) is 0 Å². The van der Waals surface area contributed by atoms with E-state index < -0.39 is 0 Å². The molecule has 1 aromatic carbocycles. The second kappa shape index (κ2) is 5.99. The highest BCUT2D eigenvalue weighted by Gasteiger charge is 2.44. The van der Waals surface area contributed by atoms with E-state index in [-0.39, 0.29) is 23.8 Å². The molecule has 3 aliphatic rings. The minimum Gasteiger partial charge on any atom is -0.344 e. The van der Waals surface area contributed by atoms with Gasteiger partial charge in [0.05, 0.1) is 0 Å². The Morgan fingerprint density at radius 3 is 2.65 bits per heavy atom. The van der Waals surface area contributed by atoms with Crippen LogP contribution in [0.1, 0.15) is 37.7 Å². The Bertz CT molecular complexity index is 601. The average molecular weight is 312 g/mol. The lowest BCUT2D eigenvalue weighted by Gasteiger charge is -2.23. The molecule has 122 valence electrons. The van der Waals surface area contributed by atoms with Gasteiger partial charge in [-0.25, -0.2) is 0 Å². The zero-order valence-electron chi connectivity index (χ0n) is 13.4. The summed E-state index contributed by atoms with van der Waals surface area (Å²) in [6, 6.07) is 9.72. The number of carbonyl (C=O) groups excluding carboxylic acids is 2. The maximum atomic E-state index is 12.5.